The molecule has 5 nitrogen and oxygen atoms in total. The second-order valence-corrected chi connectivity index (χ2v) is 8.89. The van der Waals surface area contributed by atoms with Crippen molar-refractivity contribution in [3.8, 4) is 0 Å². The van der Waals surface area contributed by atoms with E-state index in [-0.39, 0.29) is 12.6 Å². The molecule has 2 rings (SSSR count). The minimum atomic E-state index is -3.48. The lowest BCUT2D eigenvalue weighted by Crippen LogP contribution is -2.32. The van der Waals surface area contributed by atoms with Crippen LogP contribution in [0.1, 0.15) is 30.5 Å². The van der Waals surface area contributed by atoms with E-state index >= 15 is 0 Å². The Morgan fingerprint density at radius 1 is 1.13 bits per heavy atom. The van der Waals surface area contributed by atoms with Gasteiger partial charge in [-0.2, -0.15) is 8.42 Å². The van der Waals surface area contributed by atoms with Crippen LogP contribution in [0, 0.1) is 0 Å². The summed E-state index contributed by atoms with van der Waals surface area (Å²) in [5.41, 5.74) is 3.06. The molecule has 1 unspecified atom stereocenters. The molecule has 0 aliphatic rings. The number of aliphatic imine (C=N–C) groups is 1. The molecule has 0 N–H and O–H groups in total. The molecule has 2 aromatic carbocycles. The third kappa shape index (κ3) is 9.87. The van der Waals surface area contributed by atoms with Gasteiger partial charge in [0, 0.05) is 19.6 Å². The van der Waals surface area contributed by atoms with Crippen LogP contribution in [0.25, 0.3) is 0 Å². The van der Waals surface area contributed by atoms with Gasteiger partial charge in [-0.05, 0) is 29.7 Å². The predicted octanol–water partition coefficient (Wildman–Crippen LogP) is 4.80. The highest BCUT2D eigenvalue weighted by Crippen LogP contribution is 2.21. The van der Waals surface area contributed by atoms with Gasteiger partial charge < -0.3 is 0 Å². The zero-order valence-corrected chi connectivity index (χ0v) is 19.2. The first-order valence-corrected chi connectivity index (χ1v) is 12.3. The second-order valence-electron chi connectivity index (χ2n) is 7.24. The molecular formula is C25H32N2O3S. The topological polar surface area (TPSA) is 59.0 Å². The summed E-state index contributed by atoms with van der Waals surface area (Å²) in [4.78, 5) is 7.12. The molecule has 0 fully saturated rings. The monoisotopic (exact) mass is 440 g/mol. The third-order valence-electron chi connectivity index (χ3n) is 4.61. The van der Waals surface area contributed by atoms with Crippen LogP contribution in [0.15, 0.2) is 90.5 Å². The Balaban J connectivity index is 2.29. The van der Waals surface area contributed by atoms with Crippen molar-refractivity contribution in [2.45, 2.75) is 25.9 Å². The maximum absolute atomic E-state index is 11.4. The van der Waals surface area contributed by atoms with Crippen molar-refractivity contribution in [3.63, 3.8) is 0 Å². The normalized spacial score (nSPS) is 13.6. The van der Waals surface area contributed by atoms with Crippen molar-refractivity contribution >= 4 is 15.8 Å². The van der Waals surface area contributed by atoms with E-state index in [0.717, 1.165) is 29.5 Å². The van der Waals surface area contributed by atoms with Crippen LogP contribution >= 0.6 is 0 Å². The molecule has 0 aromatic heterocycles. The van der Waals surface area contributed by atoms with Crippen LogP contribution in [0.2, 0.25) is 0 Å². The maximum Gasteiger partial charge on any atom is 0.264 e. The fourth-order valence-corrected chi connectivity index (χ4v) is 3.49. The minimum absolute atomic E-state index is 0.0982. The number of hydrogen-bond donors (Lipinski definition) is 0. The summed E-state index contributed by atoms with van der Waals surface area (Å²) in [5, 5.41) is 0. The lowest BCUT2D eigenvalue weighted by molar-refractivity contribution is 0.198. The molecule has 0 spiro atoms. The summed E-state index contributed by atoms with van der Waals surface area (Å²) < 4.78 is 27.8. The van der Waals surface area contributed by atoms with Gasteiger partial charge in [0.25, 0.3) is 10.1 Å². The fraction of sp³-hybridized carbons (Fsp3) is 0.320. The Morgan fingerprint density at radius 3 is 2.35 bits per heavy atom. The van der Waals surface area contributed by atoms with Crippen LogP contribution in [0.5, 0.6) is 0 Å². The Bertz CT molecular complexity index is 955. The van der Waals surface area contributed by atoms with E-state index in [2.05, 4.69) is 48.7 Å². The van der Waals surface area contributed by atoms with Crippen LogP contribution in [0.4, 0.5) is 0 Å². The molecule has 166 valence electrons. The summed E-state index contributed by atoms with van der Waals surface area (Å²) in [5.74, 6) is 0. The molecule has 0 saturated heterocycles. The zero-order chi connectivity index (χ0) is 22.5. The van der Waals surface area contributed by atoms with Crippen LogP contribution < -0.4 is 0 Å². The van der Waals surface area contributed by atoms with Crippen LogP contribution in [-0.2, 0) is 20.8 Å². The SMILES string of the molecule is C=CC(/C=C\CC)=NC(CN(CCOS(C)(=O)=O)Cc1ccccc1)c1ccccc1. The Kier molecular flexibility index (Phi) is 10.4. The predicted molar refractivity (Wildman–Crippen MR) is 129 cm³/mol. The van der Waals surface area contributed by atoms with Crippen molar-refractivity contribution in [1.82, 2.24) is 4.90 Å². The molecule has 6 heteroatoms. The maximum atomic E-state index is 11.4. The Labute approximate surface area is 186 Å². The van der Waals surface area contributed by atoms with Gasteiger partial charge in [-0.15, -0.1) is 0 Å². The molecule has 0 amide bonds. The standard InChI is InChI=1S/C25H32N2O3S/c1-4-6-17-24(5-2)26-25(23-15-11-8-12-16-23)21-27(18-19-30-31(3,28)29)20-22-13-9-7-10-14-22/h5-17,25H,2,4,18-21H2,1,3H3/b17-6-,26-24?. The van der Waals surface area contributed by atoms with Gasteiger partial charge in [-0.1, -0.05) is 80.2 Å². The van der Waals surface area contributed by atoms with Gasteiger partial charge in [0.15, 0.2) is 0 Å². The molecule has 31 heavy (non-hydrogen) atoms. The summed E-state index contributed by atoms with van der Waals surface area (Å²) in [6.45, 7) is 7.83. The zero-order valence-electron chi connectivity index (χ0n) is 18.4. The molecule has 1 atom stereocenters. The summed E-state index contributed by atoms with van der Waals surface area (Å²) >= 11 is 0. The van der Waals surface area contributed by atoms with Gasteiger partial charge in [0.1, 0.15) is 0 Å². The van der Waals surface area contributed by atoms with E-state index in [1.165, 1.54) is 0 Å². The minimum Gasteiger partial charge on any atom is -0.294 e. The number of nitrogens with zero attached hydrogens (tertiary/aromatic N) is 2. The van der Waals surface area contributed by atoms with Crippen molar-refractivity contribution in [2.24, 2.45) is 4.99 Å². The summed E-state index contributed by atoms with van der Waals surface area (Å²) in [6.07, 6.45) is 7.80. The Hall–Kier alpha value is -2.54. The van der Waals surface area contributed by atoms with Crippen LogP contribution in [0.3, 0.4) is 0 Å². The largest absolute Gasteiger partial charge is 0.294 e. The van der Waals surface area contributed by atoms with E-state index in [1.807, 2.05) is 42.5 Å². The Morgan fingerprint density at radius 2 is 1.77 bits per heavy atom. The van der Waals surface area contributed by atoms with E-state index < -0.39 is 10.1 Å². The molecule has 0 heterocycles. The van der Waals surface area contributed by atoms with E-state index in [1.54, 1.807) is 6.08 Å². The van der Waals surface area contributed by atoms with Gasteiger partial charge >= 0.3 is 0 Å². The first-order valence-electron chi connectivity index (χ1n) is 10.4. The highest BCUT2D eigenvalue weighted by atomic mass is 32.2. The molecule has 0 bridgehead atoms. The smallest absolute Gasteiger partial charge is 0.264 e. The van der Waals surface area contributed by atoms with Crippen molar-refractivity contribution in [3.05, 3.63) is 96.6 Å². The van der Waals surface area contributed by atoms with Gasteiger partial charge in [0.2, 0.25) is 0 Å². The number of rotatable bonds is 13. The lowest BCUT2D eigenvalue weighted by atomic mass is 10.1. The van der Waals surface area contributed by atoms with Crippen molar-refractivity contribution in [1.29, 1.82) is 0 Å². The average Bonchev–Trinajstić information content (AvgIpc) is 2.76. The highest BCUT2D eigenvalue weighted by molar-refractivity contribution is 7.85. The highest BCUT2D eigenvalue weighted by Gasteiger charge is 2.17. The van der Waals surface area contributed by atoms with E-state index in [9.17, 15) is 8.42 Å². The van der Waals surface area contributed by atoms with Crippen molar-refractivity contribution in [2.75, 3.05) is 26.0 Å². The third-order valence-corrected chi connectivity index (χ3v) is 5.20. The number of benzene rings is 2. The second kappa shape index (κ2) is 13.0. The molecule has 0 saturated carbocycles. The molecule has 0 aliphatic carbocycles. The number of allylic oxidation sites excluding steroid dienone is 3. The first-order chi connectivity index (χ1) is 14.9. The number of hydrogen-bond acceptors (Lipinski definition) is 5. The molecule has 0 radical (unpaired) electrons. The lowest BCUT2D eigenvalue weighted by Gasteiger charge is -2.26. The van der Waals surface area contributed by atoms with Crippen molar-refractivity contribution < 1.29 is 12.6 Å². The van der Waals surface area contributed by atoms with E-state index in [4.69, 9.17) is 9.18 Å². The fourth-order valence-electron chi connectivity index (χ4n) is 3.12. The molecule has 2 aromatic rings. The first kappa shape index (κ1) is 24.7. The van der Waals surface area contributed by atoms with Gasteiger partial charge in [-0.3, -0.25) is 14.1 Å². The quantitative estimate of drug-likeness (QED) is 0.332. The summed E-state index contributed by atoms with van der Waals surface area (Å²) in [6, 6.07) is 20.1. The summed E-state index contributed by atoms with van der Waals surface area (Å²) in [7, 11) is -3.48. The molecule has 0 aliphatic heterocycles. The van der Waals surface area contributed by atoms with Gasteiger partial charge in [-0.25, -0.2) is 0 Å². The molecular weight excluding hydrogens is 408 g/mol. The van der Waals surface area contributed by atoms with Gasteiger partial charge in [0.05, 0.1) is 24.6 Å². The van der Waals surface area contributed by atoms with E-state index in [0.29, 0.717) is 19.6 Å². The van der Waals surface area contributed by atoms with Crippen LogP contribution in [-0.4, -0.2) is 45.0 Å². The average molecular weight is 441 g/mol.